The van der Waals surface area contributed by atoms with Gasteiger partial charge in [0.15, 0.2) is 0 Å². The lowest BCUT2D eigenvalue weighted by molar-refractivity contribution is 0.738. The molecule has 1 aromatic carbocycles. The van der Waals surface area contributed by atoms with E-state index in [1.165, 1.54) is 11.3 Å². The highest BCUT2D eigenvalue weighted by molar-refractivity contribution is 9.10. The number of hydrogen-bond acceptors (Lipinski definition) is 2. The highest BCUT2D eigenvalue weighted by atomic mass is 79.9. The molecule has 0 amide bonds. The topological polar surface area (TPSA) is 43.3 Å². The average molecular weight is 344 g/mol. The molecule has 0 saturated carbocycles. The number of pyridine rings is 1. The van der Waals surface area contributed by atoms with Gasteiger partial charge >= 0.3 is 0 Å². The first-order chi connectivity index (χ1) is 10.1. The summed E-state index contributed by atoms with van der Waals surface area (Å²) in [6, 6.07) is 12.4. The van der Waals surface area contributed by atoms with Crippen molar-refractivity contribution in [3.05, 3.63) is 58.3 Å². The van der Waals surface area contributed by atoms with Crippen LogP contribution in [0.4, 0.5) is 0 Å². The molecular formula is C17H18BrN3. The molecule has 108 valence electrons. The number of fused-ring (bicyclic) bond motifs is 1. The van der Waals surface area contributed by atoms with E-state index in [0.29, 0.717) is 6.54 Å². The Morgan fingerprint density at radius 3 is 2.62 bits per heavy atom. The predicted molar refractivity (Wildman–Crippen MR) is 90.5 cm³/mol. The van der Waals surface area contributed by atoms with Crippen LogP contribution in [-0.2, 0) is 0 Å². The Balaban J connectivity index is 2.30. The van der Waals surface area contributed by atoms with E-state index >= 15 is 0 Å². The van der Waals surface area contributed by atoms with Crippen LogP contribution in [0.25, 0.3) is 16.9 Å². The molecule has 0 aliphatic heterocycles. The summed E-state index contributed by atoms with van der Waals surface area (Å²) in [5, 5.41) is 0. The summed E-state index contributed by atoms with van der Waals surface area (Å²) < 4.78 is 3.24. The Hall–Kier alpha value is -1.65. The van der Waals surface area contributed by atoms with Gasteiger partial charge in [-0.2, -0.15) is 0 Å². The number of nitrogens with two attached hydrogens (primary N) is 1. The van der Waals surface area contributed by atoms with E-state index in [9.17, 15) is 0 Å². The van der Waals surface area contributed by atoms with E-state index < -0.39 is 0 Å². The van der Waals surface area contributed by atoms with Crippen LogP contribution in [-0.4, -0.2) is 15.9 Å². The maximum absolute atomic E-state index is 5.91. The maximum Gasteiger partial charge on any atom is 0.140 e. The quantitative estimate of drug-likeness (QED) is 0.776. The summed E-state index contributed by atoms with van der Waals surface area (Å²) in [5.41, 5.74) is 11.4. The Kier molecular flexibility index (Phi) is 3.83. The number of rotatable bonds is 3. The summed E-state index contributed by atoms with van der Waals surface area (Å²) in [4.78, 5) is 4.87. The van der Waals surface area contributed by atoms with Gasteiger partial charge < -0.3 is 10.1 Å². The smallest absolute Gasteiger partial charge is 0.140 e. The number of nitrogens with zero attached hydrogens (tertiary/aromatic N) is 2. The van der Waals surface area contributed by atoms with Gasteiger partial charge in [0.1, 0.15) is 5.65 Å². The molecule has 4 heteroatoms. The van der Waals surface area contributed by atoms with Gasteiger partial charge in [0.2, 0.25) is 0 Å². The highest BCUT2D eigenvalue weighted by Gasteiger charge is 2.19. The van der Waals surface area contributed by atoms with Crippen molar-refractivity contribution in [2.24, 2.45) is 5.73 Å². The fraction of sp³-hybridized carbons (Fsp3) is 0.235. The third-order valence-corrected chi connectivity index (χ3v) is 4.35. The van der Waals surface area contributed by atoms with Gasteiger partial charge in [0.25, 0.3) is 0 Å². The molecule has 3 aromatic rings. The standard InChI is InChI=1S/C17H18BrN3/c1-11-4-3-9-21-16(12(2)10-19)15(20-17(11)21)13-5-7-14(18)8-6-13/h3-9,12H,10,19H2,1-2H3. The minimum Gasteiger partial charge on any atom is -0.330 e. The summed E-state index contributed by atoms with van der Waals surface area (Å²) in [6.45, 7) is 4.84. The zero-order chi connectivity index (χ0) is 15.0. The average Bonchev–Trinajstić information content (AvgIpc) is 2.88. The number of benzene rings is 1. The molecule has 2 heterocycles. The molecule has 0 fully saturated rings. The Bertz CT molecular complexity index is 775. The molecule has 1 atom stereocenters. The number of hydrogen-bond donors (Lipinski definition) is 1. The minimum atomic E-state index is 0.250. The Morgan fingerprint density at radius 1 is 1.24 bits per heavy atom. The lowest BCUT2D eigenvalue weighted by atomic mass is 10.0. The SMILES string of the molecule is Cc1cccn2c(C(C)CN)c(-c3ccc(Br)cc3)nc12. The zero-order valence-corrected chi connectivity index (χ0v) is 13.8. The third kappa shape index (κ3) is 2.49. The van der Waals surface area contributed by atoms with Crippen molar-refractivity contribution in [3.8, 4) is 11.3 Å². The molecule has 3 rings (SSSR count). The van der Waals surface area contributed by atoms with Crippen molar-refractivity contribution in [1.29, 1.82) is 0 Å². The second-order valence-corrected chi connectivity index (χ2v) is 6.29. The predicted octanol–water partition coefficient (Wildman–Crippen LogP) is 4.13. The van der Waals surface area contributed by atoms with Crippen LogP contribution < -0.4 is 5.73 Å². The van der Waals surface area contributed by atoms with E-state index in [0.717, 1.165) is 21.4 Å². The molecule has 0 spiro atoms. The van der Waals surface area contributed by atoms with Crippen LogP contribution in [0.1, 0.15) is 24.1 Å². The summed E-state index contributed by atoms with van der Waals surface area (Å²) in [7, 11) is 0. The van der Waals surface area contributed by atoms with Crippen LogP contribution in [0.5, 0.6) is 0 Å². The van der Waals surface area contributed by atoms with Crippen molar-refractivity contribution in [1.82, 2.24) is 9.38 Å². The molecule has 0 aliphatic carbocycles. The normalized spacial score (nSPS) is 12.8. The second kappa shape index (κ2) is 5.62. The summed E-state index contributed by atoms with van der Waals surface area (Å²) in [6.07, 6.45) is 2.07. The largest absolute Gasteiger partial charge is 0.330 e. The van der Waals surface area contributed by atoms with Crippen molar-refractivity contribution in [2.75, 3.05) is 6.54 Å². The number of halogens is 1. The van der Waals surface area contributed by atoms with Crippen LogP contribution in [0.2, 0.25) is 0 Å². The van der Waals surface area contributed by atoms with E-state index in [2.05, 4.69) is 64.6 Å². The Morgan fingerprint density at radius 2 is 1.95 bits per heavy atom. The molecule has 0 radical (unpaired) electrons. The monoisotopic (exact) mass is 343 g/mol. The molecule has 2 N–H and O–H groups in total. The third-order valence-electron chi connectivity index (χ3n) is 3.82. The van der Waals surface area contributed by atoms with Gasteiger partial charge in [0.05, 0.1) is 11.4 Å². The highest BCUT2D eigenvalue weighted by Crippen LogP contribution is 2.31. The first-order valence-electron chi connectivity index (χ1n) is 7.05. The number of aryl methyl sites for hydroxylation is 1. The van der Waals surface area contributed by atoms with Crippen LogP contribution in [0.3, 0.4) is 0 Å². The summed E-state index contributed by atoms with van der Waals surface area (Å²) in [5.74, 6) is 0.250. The van der Waals surface area contributed by atoms with Crippen LogP contribution in [0, 0.1) is 6.92 Å². The number of imidazole rings is 1. The van der Waals surface area contributed by atoms with Gasteiger partial charge in [-0.05, 0) is 30.7 Å². The van der Waals surface area contributed by atoms with E-state index in [-0.39, 0.29) is 5.92 Å². The lowest BCUT2D eigenvalue weighted by Crippen LogP contribution is -2.12. The number of aromatic nitrogens is 2. The molecule has 21 heavy (non-hydrogen) atoms. The second-order valence-electron chi connectivity index (χ2n) is 5.37. The van der Waals surface area contributed by atoms with Crippen molar-refractivity contribution < 1.29 is 0 Å². The Labute approximate surface area is 132 Å². The lowest BCUT2D eigenvalue weighted by Gasteiger charge is -2.11. The minimum absolute atomic E-state index is 0.250. The van der Waals surface area contributed by atoms with E-state index in [1.54, 1.807) is 0 Å². The molecule has 3 nitrogen and oxygen atoms in total. The summed E-state index contributed by atoms with van der Waals surface area (Å²) >= 11 is 3.48. The molecule has 0 saturated heterocycles. The van der Waals surface area contributed by atoms with E-state index in [1.807, 2.05) is 12.1 Å². The fourth-order valence-corrected chi connectivity index (χ4v) is 2.89. The molecule has 2 aromatic heterocycles. The molecule has 0 bridgehead atoms. The first-order valence-corrected chi connectivity index (χ1v) is 7.84. The van der Waals surface area contributed by atoms with Gasteiger partial charge in [0, 0.05) is 28.7 Å². The fourth-order valence-electron chi connectivity index (χ4n) is 2.62. The molecule has 0 aliphatic rings. The van der Waals surface area contributed by atoms with Crippen molar-refractivity contribution in [3.63, 3.8) is 0 Å². The van der Waals surface area contributed by atoms with Crippen molar-refractivity contribution in [2.45, 2.75) is 19.8 Å². The van der Waals surface area contributed by atoms with Gasteiger partial charge in [-0.25, -0.2) is 4.98 Å². The molecular weight excluding hydrogens is 326 g/mol. The first kappa shape index (κ1) is 14.3. The maximum atomic E-state index is 5.91. The van der Waals surface area contributed by atoms with E-state index in [4.69, 9.17) is 10.7 Å². The zero-order valence-electron chi connectivity index (χ0n) is 12.2. The van der Waals surface area contributed by atoms with Crippen molar-refractivity contribution >= 4 is 21.6 Å². The molecule has 1 unspecified atom stereocenters. The van der Waals surface area contributed by atoms with Crippen LogP contribution in [0.15, 0.2) is 47.1 Å². The van der Waals surface area contributed by atoms with Crippen LogP contribution >= 0.6 is 15.9 Å². The van der Waals surface area contributed by atoms with Gasteiger partial charge in [-0.3, -0.25) is 0 Å². The van der Waals surface area contributed by atoms with Gasteiger partial charge in [-0.1, -0.05) is 41.1 Å². The van der Waals surface area contributed by atoms with Gasteiger partial charge in [-0.15, -0.1) is 0 Å².